The molecule has 6 rings (SSSR count). The largest absolute Gasteiger partial charge is 0.340 e. The van der Waals surface area contributed by atoms with Gasteiger partial charge in [0.2, 0.25) is 5.91 Å². The minimum Gasteiger partial charge on any atom is -0.340 e. The monoisotopic (exact) mass is 548 g/mol. The fourth-order valence-corrected chi connectivity index (χ4v) is 6.53. The topological polar surface area (TPSA) is 52.2 Å². The van der Waals surface area contributed by atoms with Crippen LogP contribution in [-0.4, -0.2) is 45.3 Å². The second-order valence-electron chi connectivity index (χ2n) is 12.5. The number of H-pyrrole nitrogens is 1. The number of benzene rings is 3. The second-order valence-corrected chi connectivity index (χ2v) is 12.5. The van der Waals surface area contributed by atoms with E-state index in [4.69, 9.17) is 4.98 Å². The molecule has 41 heavy (non-hydrogen) atoms. The Hall–Kier alpha value is -3.44. The number of amides is 1. The van der Waals surface area contributed by atoms with Crippen molar-refractivity contribution in [3.8, 4) is 0 Å². The normalized spacial score (nSPS) is 19.9. The van der Waals surface area contributed by atoms with Crippen molar-refractivity contribution in [1.82, 2.24) is 19.8 Å². The molecule has 1 aromatic heterocycles. The number of hydrogen-bond acceptors (Lipinski definition) is 3. The lowest BCUT2D eigenvalue weighted by Crippen LogP contribution is -2.39. The van der Waals surface area contributed by atoms with Gasteiger partial charge >= 0.3 is 0 Å². The predicted octanol–water partition coefficient (Wildman–Crippen LogP) is 7.51. The van der Waals surface area contributed by atoms with Crippen molar-refractivity contribution in [2.75, 3.05) is 19.6 Å². The Morgan fingerprint density at radius 3 is 2.39 bits per heavy atom. The quantitative estimate of drug-likeness (QED) is 0.211. The van der Waals surface area contributed by atoms with Crippen LogP contribution in [0.2, 0.25) is 0 Å². The minimum absolute atomic E-state index is 0.0417. The van der Waals surface area contributed by atoms with Gasteiger partial charge < -0.3 is 9.88 Å². The highest BCUT2D eigenvalue weighted by atomic mass is 16.2. The number of piperidine rings is 1. The van der Waals surface area contributed by atoms with Gasteiger partial charge in [0, 0.05) is 25.4 Å². The molecular weight excluding hydrogens is 504 g/mol. The lowest BCUT2D eigenvalue weighted by molar-refractivity contribution is -0.135. The summed E-state index contributed by atoms with van der Waals surface area (Å²) in [6.07, 6.45) is 6.57. The van der Waals surface area contributed by atoms with Gasteiger partial charge in [-0.25, -0.2) is 4.98 Å². The predicted molar refractivity (Wildman–Crippen MR) is 167 cm³/mol. The minimum atomic E-state index is -0.145. The summed E-state index contributed by atoms with van der Waals surface area (Å²) in [5.74, 6) is 2.04. The van der Waals surface area contributed by atoms with Gasteiger partial charge in [0.25, 0.3) is 0 Å². The van der Waals surface area contributed by atoms with E-state index in [0.717, 1.165) is 49.2 Å². The Morgan fingerprint density at radius 2 is 1.63 bits per heavy atom. The van der Waals surface area contributed by atoms with E-state index in [9.17, 15) is 4.79 Å². The molecular formula is C36H44N4O. The first kappa shape index (κ1) is 27.7. The highest BCUT2D eigenvalue weighted by Gasteiger charge is 2.47. The highest BCUT2D eigenvalue weighted by Crippen LogP contribution is 2.49. The number of imidazole rings is 1. The Balaban J connectivity index is 1.34. The van der Waals surface area contributed by atoms with Crippen LogP contribution in [0.1, 0.15) is 80.4 Å². The van der Waals surface area contributed by atoms with Crippen molar-refractivity contribution in [3.05, 3.63) is 101 Å². The lowest BCUT2D eigenvalue weighted by atomic mass is 9.96. The van der Waals surface area contributed by atoms with Crippen molar-refractivity contribution in [1.29, 1.82) is 0 Å². The molecule has 1 saturated heterocycles. The standard InChI is InChI=1S/C36H44N4O/c1-26(2)19-22-40(36(41)31-24-30(31)27-13-5-3-6-14-27)34(35-37-32-17-9-10-18-33(32)38-35)23-28-15-7-8-16-29(28)25-39-20-11-4-12-21-39/h3,5-10,13-18,26,30-31,34H,4,11-12,19-25H2,1-2H3,(H,37,38). The smallest absolute Gasteiger partial charge is 0.226 e. The van der Waals surface area contributed by atoms with Crippen LogP contribution in [0.4, 0.5) is 0 Å². The Labute approximate surface area is 245 Å². The van der Waals surface area contributed by atoms with Gasteiger partial charge in [0.05, 0.1) is 17.1 Å². The van der Waals surface area contributed by atoms with Gasteiger partial charge in [-0.05, 0) is 79.4 Å². The summed E-state index contributed by atoms with van der Waals surface area (Å²) in [4.78, 5) is 27.9. The number of likely N-dealkylation sites (tertiary alicyclic amines) is 1. The Morgan fingerprint density at radius 1 is 0.927 bits per heavy atom. The van der Waals surface area contributed by atoms with Gasteiger partial charge in [0.1, 0.15) is 5.82 Å². The number of para-hydroxylation sites is 2. The van der Waals surface area contributed by atoms with Crippen molar-refractivity contribution in [3.63, 3.8) is 0 Å². The molecule has 3 atom stereocenters. The van der Waals surface area contributed by atoms with Crippen molar-refractivity contribution < 1.29 is 4.79 Å². The molecule has 3 aromatic carbocycles. The van der Waals surface area contributed by atoms with E-state index in [2.05, 4.69) is 95.4 Å². The van der Waals surface area contributed by atoms with Crippen LogP contribution in [0.5, 0.6) is 0 Å². The van der Waals surface area contributed by atoms with Crippen LogP contribution >= 0.6 is 0 Å². The summed E-state index contributed by atoms with van der Waals surface area (Å²) in [7, 11) is 0. The zero-order valence-corrected chi connectivity index (χ0v) is 24.6. The maximum atomic E-state index is 14.4. The SMILES string of the molecule is CC(C)CCN(C(=O)C1CC1c1ccccc1)C(Cc1ccccc1CN1CCCCC1)c1nc2ccccc2[nH]1. The third kappa shape index (κ3) is 6.56. The average Bonchev–Trinajstić information content (AvgIpc) is 3.69. The molecule has 2 aliphatic rings. The average molecular weight is 549 g/mol. The Kier molecular flexibility index (Phi) is 8.52. The van der Waals surface area contributed by atoms with Gasteiger partial charge in [-0.2, -0.15) is 0 Å². The maximum Gasteiger partial charge on any atom is 0.226 e. The molecule has 1 saturated carbocycles. The van der Waals surface area contributed by atoms with Crippen LogP contribution in [0.3, 0.4) is 0 Å². The molecule has 214 valence electrons. The molecule has 5 nitrogen and oxygen atoms in total. The molecule has 4 aromatic rings. The molecule has 3 unspecified atom stereocenters. The Bertz CT molecular complexity index is 1410. The summed E-state index contributed by atoms with van der Waals surface area (Å²) in [5.41, 5.74) is 5.96. The first-order chi connectivity index (χ1) is 20.1. The number of rotatable bonds is 11. The lowest BCUT2D eigenvalue weighted by Gasteiger charge is -2.33. The third-order valence-electron chi connectivity index (χ3n) is 9.04. The van der Waals surface area contributed by atoms with E-state index in [1.54, 1.807) is 0 Å². The van der Waals surface area contributed by atoms with Crippen LogP contribution in [0.15, 0.2) is 78.9 Å². The van der Waals surface area contributed by atoms with Gasteiger partial charge in [-0.3, -0.25) is 9.69 Å². The third-order valence-corrected chi connectivity index (χ3v) is 9.04. The number of hydrogen-bond donors (Lipinski definition) is 1. The number of fused-ring (bicyclic) bond motifs is 1. The fourth-order valence-electron chi connectivity index (χ4n) is 6.53. The summed E-state index contributed by atoms with van der Waals surface area (Å²) in [6.45, 7) is 8.55. The number of carbonyl (C=O) groups is 1. The second kappa shape index (κ2) is 12.6. The van der Waals surface area contributed by atoms with Gasteiger partial charge in [-0.1, -0.05) is 87.0 Å². The van der Waals surface area contributed by atoms with Crippen LogP contribution in [0.25, 0.3) is 11.0 Å². The molecule has 0 radical (unpaired) electrons. The first-order valence-corrected chi connectivity index (χ1v) is 15.7. The molecule has 0 bridgehead atoms. The van der Waals surface area contributed by atoms with Gasteiger partial charge in [0.15, 0.2) is 0 Å². The number of aromatic amines is 1. The van der Waals surface area contributed by atoms with Crippen molar-refractivity contribution >= 4 is 16.9 Å². The number of carbonyl (C=O) groups excluding carboxylic acids is 1. The van der Waals surface area contributed by atoms with Crippen LogP contribution in [-0.2, 0) is 17.8 Å². The van der Waals surface area contributed by atoms with Crippen LogP contribution in [0, 0.1) is 11.8 Å². The molecule has 5 heteroatoms. The van der Waals surface area contributed by atoms with E-state index in [-0.39, 0.29) is 17.9 Å². The van der Waals surface area contributed by atoms with E-state index < -0.39 is 0 Å². The van der Waals surface area contributed by atoms with Crippen molar-refractivity contribution in [2.45, 2.75) is 70.9 Å². The van der Waals surface area contributed by atoms with E-state index in [1.165, 1.54) is 49.0 Å². The van der Waals surface area contributed by atoms with E-state index in [0.29, 0.717) is 11.8 Å². The van der Waals surface area contributed by atoms with Crippen LogP contribution < -0.4 is 0 Å². The summed E-state index contributed by atoms with van der Waals surface area (Å²) in [5, 5.41) is 0. The number of nitrogens with one attached hydrogen (secondary N) is 1. The first-order valence-electron chi connectivity index (χ1n) is 15.7. The van der Waals surface area contributed by atoms with E-state index >= 15 is 0 Å². The summed E-state index contributed by atoms with van der Waals surface area (Å²) < 4.78 is 0. The molecule has 1 aliphatic carbocycles. The molecule has 1 N–H and O–H groups in total. The highest BCUT2D eigenvalue weighted by molar-refractivity contribution is 5.83. The fraction of sp³-hybridized carbons (Fsp3) is 0.444. The maximum absolute atomic E-state index is 14.4. The molecule has 1 amide bonds. The molecule has 2 fully saturated rings. The molecule has 1 aliphatic heterocycles. The zero-order chi connectivity index (χ0) is 28.2. The number of nitrogens with zero attached hydrogens (tertiary/aromatic N) is 3. The van der Waals surface area contributed by atoms with Crippen molar-refractivity contribution in [2.24, 2.45) is 11.8 Å². The summed E-state index contributed by atoms with van der Waals surface area (Å²) in [6, 6.07) is 27.5. The zero-order valence-electron chi connectivity index (χ0n) is 24.6. The summed E-state index contributed by atoms with van der Waals surface area (Å²) >= 11 is 0. The molecule has 2 heterocycles. The molecule has 0 spiro atoms. The number of aromatic nitrogens is 2. The van der Waals surface area contributed by atoms with E-state index in [1.807, 2.05) is 12.1 Å². The van der Waals surface area contributed by atoms with Gasteiger partial charge in [-0.15, -0.1) is 0 Å².